The van der Waals surface area contributed by atoms with E-state index in [2.05, 4.69) is 30.6 Å². The van der Waals surface area contributed by atoms with Gasteiger partial charge in [-0.05, 0) is 45.6 Å². The highest BCUT2D eigenvalue weighted by Crippen LogP contribution is 2.25. The molecule has 0 aromatic carbocycles. The molecule has 2 rings (SSSR count). The molecule has 4 nitrogen and oxygen atoms in total. The topological polar surface area (TPSA) is 49.6 Å². The zero-order valence-corrected chi connectivity index (χ0v) is 14.1. The predicted molar refractivity (Wildman–Crippen MR) is 87.1 cm³/mol. The van der Waals surface area contributed by atoms with Crippen LogP contribution in [0, 0.1) is 5.92 Å². The van der Waals surface area contributed by atoms with Crippen LogP contribution >= 0.6 is 0 Å². The van der Waals surface area contributed by atoms with Crippen LogP contribution in [-0.2, 0) is 4.79 Å². The molecule has 0 aromatic rings. The molecule has 2 aliphatic rings. The van der Waals surface area contributed by atoms with Crippen LogP contribution in [0.2, 0.25) is 0 Å². The molecule has 1 saturated heterocycles. The molecule has 122 valence electrons. The van der Waals surface area contributed by atoms with Gasteiger partial charge in [0.05, 0.1) is 6.54 Å². The summed E-state index contributed by atoms with van der Waals surface area (Å²) >= 11 is 0. The van der Waals surface area contributed by atoms with E-state index >= 15 is 0 Å². The highest BCUT2D eigenvalue weighted by molar-refractivity contribution is 5.79. The van der Waals surface area contributed by atoms with E-state index < -0.39 is 0 Å². The molecule has 1 aliphatic carbocycles. The van der Waals surface area contributed by atoms with Crippen molar-refractivity contribution in [1.82, 2.24) is 9.80 Å². The lowest BCUT2D eigenvalue weighted by atomic mass is 9.92. The van der Waals surface area contributed by atoms with Gasteiger partial charge < -0.3 is 10.6 Å². The Morgan fingerprint density at radius 3 is 2.48 bits per heavy atom. The molecule has 1 saturated carbocycles. The van der Waals surface area contributed by atoms with E-state index in [1.54, 1.807) is 0 Å². The number of piperidine rings is 1. The molecule has 21 heavy (non-hydrogen) atoms. The maximum absolute atomic E-state index is 12.8. The summed E-state index contributed by atoms with van der Waals surface area (Å²) in [5.74, 6) is 0.884. The zero-order valence-electron chi connectivity index (χ0n) is 14.1. The number of carbonyl (C=O) groups is 1. The highest BCUT2D eigenvalue weighted by Gasteiger charge is 2.30. The summed E-state index contributed by atoms with van der Waals surface area (Å²) in [6.07, 6.45) is 7.34. The van der Waals surface area contributed by atoms with Gasteiger partial charge in [0.1, 0.15) is 0 Å². The summed E-state index contributed by atoms with van der Waals surface area (Å²) in [4.78, 5) is 17.2. The van der Waals surface area contributed by atoms with Crippen molar-refractivity contribution in [3.63, 3.8) is 0 Å². The van der Waals surface area contributed by atoms with Gasteiger partial charge in [-0.25, -0.2) is 0 Å². The van der Waals surface area contributed by atoms with Crippen molar-refractivity contribution in [2.75, 3.05) is 19.6 Å². The fraction of sp³-hybridized carbons (Fsp3) is 0.941. The minimum atomic E-state index is 0.216. The first kappa shape index (κ1) is 16.8. The van der Waals surface area contributed by atoms with Crippen molar-refractivity contribution in [2.24, 2.45) is 11.7 Å². The van der Waals surface area contributed by atoms with Crippen molar-refractivity contribution in [3.8, 4) is 0 Å². The van der Waals surface area contributed by atoms with Crippen LogP contribution in [0.3, 0.4) is 0 Å². The molecule has 4 heteroatoms. The Hall–Kier alpha value is -0.610. The second-order valence-corrected chi connectivity index (χ2v) is 7.35. The van der Waals surface area contributed by atoms with Crippen molar-refractivity contribution in [2.45, 2.75) is 77.4 Å². The van der Waals surface area contributed by atoms with Crippen LogP contribution in [0.1, 0.15) is 59.3 Å². The number of hydrogen-bond donors (Lipinski definition) is 1. The summed E-state index contributed by atoms with van der Waals surface area (Å²) in [6.45, 7) is 8.94. The summed E-state index contributed by atoms with van der Waals surface area (Å²) < 4.78 is 0. The number of nitrogens with zero attached hydrogens (tertiary/aromatic N) is 2. The van der Waals surface area contributed by atoms with Gasteiger partial charge in [-0.2, -0.15) is 0 Å². The van der Waals surface area contributed by atoms with E-state index in [1.807, 2.05) is 0 Å². The quantitative estimate of drug-likeness (QED) is 0.865. The molecule has 0 aromatic heterocycles. The van der Waals surface area contributed by atoms with Gasteiger partial charge in [-0.1, -0.05) is 26.2 Å². The van der Waals surface area contributed by atoms with E-state index in [4.69, 9.17) is 5.73 Å². The van der Waals surface area contributed by atoms with Crippen LogP contribution in [0.25, 0.3) is 0 Å². The van der Waals surface area contributed by atoms with Crippen molar-refractivity contribution in [3.05, 3.63) is 0 Å². The minimum Gasteiger partial charge on any atom is -0.336 e. The van der Waals surface area contributed by atoms with Gasteiger partial charge in [-0.15, -0.1) is 0 Å². The zero-order chi connectivity index (χ0) is 15.4. The Bertz CT molecular complexity index is 339. The van der Waals surface area contributed by atoms with Crippen molar-refractivity contribution >= 4 is 5.91 Å². The standard InChI is InChI=1S/C17H33N3O/c1-13(2)20(15-7-5-4-6-8-15)17(21)12-19-10-9-14(3)16(18)11-19/h13-16H,4-12,18H2,1-3H3. The van der Waals surface area contributed by atoms with E-state index in [-0.39, 0.29) is 6.04 Å². The molecule has 1 heterocycles. The Balaban J connectivity index is 1.92. The molecule has 2 atom stereocenters. The average Bonchev–Trinajstić information content (AvgIpc) is 2.44. The summed E-state index contributed by atoms with van der Waals surface area (Å²) in [5.41, 5.74) is 6.16. The maximum Gasteiger partial charge on any atom is 0.237 e. The van der Waals surface area contributed by atoms with E-state index in [0.717, 1.165) is 19.5 Å². The third kappa shape index (κ3) is 4.43. The molecule has 2 N–H and O–H groups in total. The molecule has 0 spiro atoms. The second kappa shape index (κ2) is 7.59. The molecule has 0 bridgehead atoms. The highest BCUT2D eigenvalue weighted by atomic mass is 16.2. The second-order valence-electron chi connectivity index (χ2n) is 7.35. The van der Waals surface area contributed by atoms with E-state index in [1.165, 1.54) is 32.1 Å². The lowest BCUT2D eigenvalue weighted by Crippen LogP contribution is -2.53. The normalized spacial score (nSPS) is 28.8. The molecule has 0 radical (unpaired) electrons. The van der Waals surface area contributed by atoms with Gasteiger partial charge in [0.25, 0.3) is 0 Å². The van der Waals surface area contributed by atoms with Gasteiger partial charge >= 0.3 is 0 Å². The molecule has 2 unspecified atom stereocenters. The first-order valence-electron chi connectivity index (χ1n) is 8.78. The van der Waals surface area contributed by atoms with Gasteiger partial charge in [0, 0.05) is 24.7 Å². The van der Waals surface area contributed by atoms with Crippen LogP contribution in [0.15, 0.2) is 0 Å². The van der Waals surface area contributed by atoms with Crippen LogP contribution < -0.4 is 5.73 Å². The fourth-order valence-electron chi connectivity index (χ4n) is 3.86. The molecule has 1 amide bonds. The first-order chi connectivity index (χ1) is 9.99. The molecule has 1 aliphatic heterocycles. The SMILES string of the molecule is CC1CCN(CC(=O)N(C(C)C)C2CCCCC2)CC1N. The average molecular weight is 295 g/mol. The predicted octanol–water partition coefficient (Wildman–Crippen LogP) is 2.23. The summed E-state index contributed by atoms with van der Waals surface area (Å²) in [5, 5.41) is 0. The number of carbonyl (C=O) groups excluding carboxylic acids is 1. The van der Waals surface area contributed by atoms with Crippen LogP contribution in [0.5, 0.6) is 0 Å². The number of hydrogen-bond acceptors (Lipinski definition) is 3. The number of amides is 1. The molecular formula is C17H33N3O. The molecule has 2 fully saturated rings. The Kier molecular flexibility index (Phi) is 6.06. The number of rotatable bonds is 4. The molecular weight excluding hydrogens is 262 g/mol. The van der Waals surface area contributed by atoms with Gasteiger partial charge in [0.15, 0.2) is 0 Å². The van der Waals surface area contributed by atoms with Crippen molar-refractivity contribution in [1.29, 1.82) is 0 Å². The van der Waals surface area contributed by atoms with E-state index in [0.29, 0.717) is 30.5 Å². The summed E-state index contributed by atoms with van der Waals surface area (Å²) in [7, 11) is 0. The maximum atomic E-state index is 12.8. The first-order valence-corrected chi connectivity index (χ1v) is 8.78. The minimum absolute atomic E-state index is 0.216. The third-order valence-electron chi connectivity index (χ3n) is 5.27. The fourth-order valence-corrected chi connectivity index (χ4v) is 3.86. The Morgan fingerprint density at radius 2 is 1.90 bits per heavy atom. The number of nitrogens with two attached hydrogens (primary N) is 1. The Labute approximate surface area is 130 Å². The van der Waals surface area contributed by atoms with Gasteiger partial charge in [-0.3, -0.25) is 9.69 Å². The van der Waals surface area contributed by atoms with Crippen LogP contribution in [0.4, 0.5) is 0 Å². The smallest absolute Gasteiger partial charge is 0.237 e. The van der Waals surface area contributed by atoms with E-state index in [9.17, 15) is 4.79 Å². The largest absolute Gasteiger partial charge is 0.336 e. The van der Waals surface area contributed by atoms with Crippen molar-refractivity contribution < 1.29 is 4.79 Å². The Morgan fingerprint density at radius 1 is 1.24 bits per heavy atom. The monoisotopic (exact) mass is 295 g/mol. The number of likely N-dealkylation sites (tertiary alicyclic amines) is 1. The summed E-state index contributed by atoms with van der Waals surface area (Å²) in [6, 6.07) is 0.982. The van der Waals surface area contributed by atoms with Gasteiger partial charge in [0.2, 0.25) is 5.91 Å². The third-order valence-corrected chi connectivity index (χ3v) is 5.27. The lowest BCUT2D eigenvalue weighted by Gasteiger charge is -2.40. The lowest BCUT2D eigenvalue weighted by molar-refractivity contribution is -0.138. The van der Waals surface area contributed by atoms with Crippen LogP contribution in [-0.4, -0.2) is 53.5 Å².